The van der Waals surface area contributed by atoms with Crippen molar-refractivity contribution in [2.24, 2.45) is 0 Å². The molecular formula is C12H14N4O2S. The fourth-order valence-corrected chi connectivity index (χ4v) is 2.19. The van der Waals surface area contributed by atoms with Gasteiger partial charge in [0.25, 0.3) is 0 Å². The van der Waals surface area contributed by atoms with E-state index in [4.69, 9.17) is 4.74 Å². The van der Waals surface area contributed by atoms with Crippen molar-refractivity contribution in [2.75, 3.05) is 12.4 Å². The van der Waals surface area contributed by atoms with Crippen molar-refractivity contribution in [3.63, 3.8) is 0 Å². The predicted molar refractivity (Wildman–Crippen MR) is 71.9 cm³/mol. The first-order valence-electron chi connectivity index (χ1n) is 5.74. The molecule has 7 heteroatoms. The third-order valence-corrected chi connectivity index (χ3v) is 3.48. The molecule has 2 rings (SSSR count). The highest BCUT2D eigenvalue weighted by Crippen LogP contribution is 2.23. The molecule has 2 aromatic heterocycles. The van der Waals surface area contributed by atoms with Gasteiger partial charge < -0.3 is 10.1 Å². The Kier molecular flexibility index (Phi) is 4.53. The Bertz CT molecular complexity index is 544. The molecule has 0 aliphatic carbocycles. The number of ether oxygens (including phenoxy) is 1. The molecule has 19 heavy (non-hydrogen) atoms. The van der Waals surface area contributed by atoms with Gasteiger partial charge in [-0.15, -0.1) is 10.2 Å². The molecule has 0 radical (unpaired) electrons. The lowest BCUT2D eigenvalue weighted by Crippen LogP contribution is -2.14. The molecule has 0 fully saturated rings. The van der Waals surface area contributed by atoms with Crippen LogP contribution in [0.2, 0.25) is 0 Å². The number of nitrogens with zero attached hydrogens (tertiary/aromatic N) is 3. The standard InChI is InChI=1S/C12H14N4O2S/c1-8(18-2)11-15-16-12(19-11)14-10(17)6-9-4-3-5-13-7-9/h3-5,7-8H,6H2,1-2H3,(H,14,16,17). The summed E-state index contributed by atoms with van der Waals surface area (Å²) < 4.78 is 5.14. The maximum Gasteiger partial charge on any atom is 0.230 e. The SMILES string of the molecule is COC(C)c1nnc(NC(=O)Cc2cccnc2)s1. The quantitative estimate of drug-likeness (QED) is 0.902. The molecule has 1 amide bonds. The van der Waals surface area contributed by atoms with Crippen LogP contribution in [0.4, 0.5) is 5.13 Å². The first kappa shape index (κ1) is 13.6. The average molecular weight is 278 g/mol. The summed E-state index contributed by atoms with van der Waals surface area (Å²) in [5, 5.41) is 11.8. The lowest BCUT2D eigenvalue weighted by molar-refractivity contribution is -0.115. The van der Waals surface area contributed by atoms with Gasteiger partial charge in [-0.05, 0) is 18.6 Å². The smallest absolute Gasteiger partial charge is 0.230 e. The van der Waals surface area contributed by atoms with E-state index in [9.17, 15) is 4.79 Å². The number of carbonyl (C=O) groups excluding carboxylic acids is 1. The molecule has 0 saturated carbocycles. The molecule has 1 unspecified atom stereocenters. The molecule has 1 atom stereocenters. The minimum absolute atomic E-state index is 0.124. The highest BCUT2D eigenvalue weighted by Gasteiger charge is 2.13. The highest BCUT2D eigenvalue weighted by molar-refractivity contribution is 7.15. The first-order valence-corrected chi connectivity index (χ1v) is 6.55. The molecule has 100 valence electrons. The fourth-order valence-electron chi connectivity index (χ4n) is 1.40. The minimum Gasteiger partial charge on any atom is -0.374 e. The van der Waals surface area contributed by atoms with E-state index < -0.39 is 0 Å². The van der Waals surface area contributed by atoms with Gasteiger partial charge in [0.1, 0.15) is 11.1 Å². The molecule has 0 saturated heterocycles. The summed E-state index contributed by atoms with van der Waals surface area (Å²) in [4.78, 5) is 15.8. The van der Waals surface area contributed by atoms with Crippen molar-refractivity contribution in [3.8, 4) is 0 Å². The summed E-state index contributed by atoms with van der Waals surface area (Å²) in [5.74, 6) is -0.138. The van der Waals surface area contributed by atoms with Crippen LogP contribution >= 0.6 is 11.3 Å². The van der Waals surface area contributed by atoms with Crippen LogP contribution in [0.1, 0.15) is 23.6 Å². The van der Waals surface area contributed by atoms with Crippen LogP contribution in [0.25, 0.3) is 0 Å². The maximum atomic E-state index is 11.8. The van der Waals surface area contributed by atoms with Gasteiger partial charge in [0.15, 0.2) is 0 Å². The van der Waals surface area contributed by atoms with Gasteiger partial charge in [-0.3, -0.25) is 9.78 Å². The van der Waals surface area contributed by atoms with Crippen LogP contribution in [0.15, 0.2) is 24.5 Å². The lowest BCUT2D eigenvalue weighted by atomic mass is 10.2. The minimum atomic E-state index is -0.138. The van der Waals surface area contributed by atoms with E-state index in [1.807, 2.05) is 13.0 Å². The van der Waals surface area contributed by atoms with Crippen LogP contribution in [0, 0.1) is 0 Å². The largest absolute Gasteiger partial charge is 0.374 e. The van der Waals surface area contributed by atoms with Gasteiger partial charge >= 0.3 is 0 Å². The van der Waals surface area contributed by atoms with Crippen molar-refractivity contribution in [3.05, 3.63) is 35.1 Å². The summed E-state index contributed by atoms with van der Waals surface area (Å²) in [5.41, 5.74) is 0.856. The number of amides is 1. The number of aromatic nitrogens is 3. The number of hydrogen-bond acceptors (Lipinski definition) is 6. The third kappa shape index (κ3) is 3.80. The average Bonchev–Trinajstić information content (AvgIpc) is 2.87. The normalized spacial score (nSPS) is 12.1. The van der Waals surface area contributed by atoms with E-state index in [1.165, 1.54) is 11.3 Å². The lowest BCUT2D eigenvalue weighted by Gasteiger charge is -2.02. The summed E-state index contributed by atoms with van der Waals surface area (Å²) in [7, 11) is 1.60. The predicted octanol–water partition coefficient (Wildman–Crippen LogP) is 1.82. The number of pyridine rings is 1. The van der Waals surface area contributed by atoms with Gasteiger partial charge in [0.05, 0.1) is 6.42 Å². The zero-order valence-electron chi connectivity index (χ0n) is 10.7. The van der Waals surface area contributed by atoms with Crippen LogP contribution in [-0.2, 0) is 16.0 Å². The summed E-state index contributed by atoms with van der Waals surface area (Å²) >= 11 is 1.31. The van der Waals surface area contributed by atoms with Crippen molar-refractivity contribution in [1.82, 2.24) is 15.2 Å². The Morgan fingerprint density at radius 2 is 2.37 bits per heavy atom. The Morgan fingerprint density at radius 3 is 3.05 bits per heavy atom. The molecular weight excluding hydrogens is 264 g/mol. The Labute approximate surface area is 114 Å². The van der Waals surface area contributed by atoms with Gasteiger partial charge in [0, 0.05) is 19.5 Å². The molecule has 0 spiro atoms. The van der Waals surface area contributed by atoms with Crippen LogP contribution in [0.3, 0.4) is 0 Å². The van der Waals surface area contributed by atoms with Crippen molar-refractivity contribution in [1.29, 1.82) is 0 Å². The maximum absolute atomic E-state index is 11.8. The zero-order valence-corrected chi connectivity index (χ0v) is 11.5. The van der Waals surface area contributed by atoms with E-state index in [2.05, 4.69) is 20.5 Å². The second kappa shape index (κ2) is 6.35. The van der Waals surface area contributed by atoms with Gasteiger partial charge in [-0.1, -0.05) is 17.4 Å². The van der Waals surface area contributed by atoms with Crippen LogP contribution < -0.4 is 5.32 Å². The summed E-state index contributed by atoms with van der Waals surface area (Å²) in [6.45, 7) is 1.88. The second-order valence-electron chi connectivity index (χ2n) is 3.91. The van der Waals surface area contributed by atoms with Crippen LogP contribution in [-0.4, -0.2) is 28.2 Å². The Balaban J connectivity index is 1.94. The third-order valence-electron chi connectivity index (χ3n) is 2.48. The fraction of sp³-hybridized carbons (Fsp3) is 0.333. The number of anilines is 1. The number of nitrogens with one attached hydrogen (secondary N) is 1. The zero-order chi connectivity index (χ0) is 13.7. The monoisotopic (exact) mass is 278 g/mol. The Hall–Kier alpha value is -1.86. The number of methoxy groups -OCH3 is 1. The number of rotatable bonds is 5. The van der Waals surface area contributed by atoms with Crippen molar-refractivity contribution >= 4 is 22.4 Å². The van der Waals surface area contributed by atoms with Crippen LogP contribution in [0.5, 0.6) is 0 Å². The molecule has 0 aromatic carbocycles. The van der Waals surface area contributed by atoms with Crippen molar-refractivity contribution in [2.45, 2.75) is 19.4 Å². The first-order chi connectivity index (χ1) is 9.19. The summed E-state index contributed by atoms with van der Waals surface area (Å²) in [6.07, 6.45) is 3.48. The second-order valence-corrected chi connectivity index (χ2v) is 4.92. The number of hydrogen-bond donors (Lipinski definition) is 1. The topological polar surface area (TPSA) is 77.0 Å². The molecule has 6 nitrogen and oxygen atoms in total. The van der Waals surface area contributed by atoms with E-state index in [0.717, 1.165) is 10.6 Å². The number of carbonyl (C=O) groups is 1. The summed E-state index contributed by atoms with van der Waals surface area (Å²) in [6, 6.07) is 3.65. The Morgan fingerprint density at radius 1 is 1.53 bits per heavy atom. The molecule has 2 aromatic rings. The van der Waals surface area contributed by atoms with E-state index in [-0.39, 0.29) is 18.4 Å². The van der Waals surface area contributed by atoms with Gasteiger partial charge in [-0.25, -0.2) is 0 Å². The van der Waals surface area contributed by atoms with Gasteiger partial charge in [-0.2, -0.15) is 0 Å². The molecule has 1 N–H and O–H groups in total. The molecule has 2 heterocycles. The van der Waals surface area contributed by atoms with Gasteiger partial charge in [0.2, 0.25) is 11.0 Å². The molecule has 0 aliphatic rings. The molecule has 0 bridgehead atoms. The highest BCUT2D eigenvalue weighted by atomic mass is 32.1. The van der Waals surface area contributed by atoms with E-state index >= 15 is 0 Å². The van der Waals surface area contributed by atoms with E-state index in [0.29, 0.717) is 5.13 Å². The van der Waals surface area contributed by atoms with E-state index in [1.54, 1.807) is 25.6 Å². The van der Waals surface area contributed by atoms with Crippen molar-refractivity contribution < 1.29 is 9.53 Å². The molecule has 0 aliphatic heterocycles.